The summed E-state index contributed by atoms with van der Waals surface area (Å²) >= 11 is 0. The largest absolute Gasteiger partial charge is 0.398 e. The van der Waals surface area contributed by atoms with E-state index in [-0.39, 0.29) is 29.3 Å². The van der Waals surface area contributed by atoms with Crippen molar-refractivity contribution in [1.29, 1.82) is 0 Å². The number of nitrogens with one attached hydrogen (secondary N) is 1. The van der Waals surface area contributed by atoms with Crippen molar-refractivity contribution in [2.45, 2.75) is 11.3 Å². The summed E-state index contributed by atoms with van der Waals surface area (Å²) in [5.41, 5.74) is 5.40. The van der Waals surface area contributed by atoms with Gasteiger partial charge in [-0.05, 0) is 24.6 Å². The summed E-state index contributed by atoms with van der Waals surface area (Å²) in [6, 6.07) is 3.02. The molecule has 0 aliphatic carbocycles. The Morgan fingerprint density at radius 1 is 1.26 bits per heavy atom. The summed E-state index contributed by atoms with van der Waals surface area (Å²) in [4.78, 5) is -0.355. The molecule has 108 valence electrons. The average Bonchev–Trinajstić information content (AvgIpc) is 2.26. The van der Waals surface area contributed by atoms with E-state index in [1.165, 1.54) is 0 Å². The lowest BCUT2D eigenvalue weighted by molar-refractivity contribution is 0.575. The molecule has 1 aromatic rings. The molecule has 0 heterocycles. The van der Waals surface area contributed by atoms with E-state index in [0.717, 1.165) is 24.5 Å². The third-order valence-electron chi connectivity index (χ3n) is 2.25. The fourth-order valence-electron chi connectivity index (χ4n) is 1.36. The summed E-state index contributed by atoms with van der Waals surface area (Å²) in [7, 11) is -7.08. The highest BCUT2D eigenvalue weighted by Crippen LogP contribution is 2.18. The van der Waals surface area contributed by atoms with E-state index in [4.69, 9.17) is 5.73 Å². The second-order valence-electron chi connectivity index (χ2n) is 4.06. The Bertz CT molecular complexity index is 656. The zero-order valence-electron chi connectivity index (χ0n) is 10.3. The zero-order valence-corrected chi connectivity index (χ0v) is 11.9. The number of hydrogen-bond acceptors (Lipinski definition) is 5. The Kier molecular flexibility index (Phi) is 4.88. The maximum atomic E-state index is 13.0. The Morgan fingerprint density at radius 3 is 2.47 bits per heavy atom. The van der Waals surface area contributed by atoms with Gasteiger partial charge in [0.15, 0.2) is 0 Å². The first-order valence-electron chi connectivity index (χ1n) is 5.34. The predicted molar refractivity (Wildman–Crippen MR) is 70.3 cm³/mol. The molecule has 0 amide bonds. The van der Waals surface area contributed by atoms with Crippen LogP contribution in [0.2, 0.25) is 0 Å². The molecule has 1 rings (SSSR count). The van der Waals surface area contributed by atoms with E-state index in [0.29, 0.717) is 0 Å². The molecule has 0 aromatic heterocycles. The fraction of sp³-hybridized carbons (Fsp3) is 0.400. The molecule has 0 aliphatic rings. The number of halogens is 1. The van der Waals surface area contributed by atoms with Gasteiger partial charge in [0, 0.05) is 12.8 Å². The molecule has 0 unspecified atom stereocenters. The van der Waals surface area contributed by atoms with E-state index in [1.54, 1.807) is 0 Å². The normalized spacial score (nSPS) is 12.5. The molecular weight excluding hydrogens is 295 g/mol. The molecule has 9 heteroatoms. The van der Waals surface area contributed by atoms with Crippen LogP contribution in [-0.2, 0) is 19.9 Å². The molecule has 0 bridgehead atoms. The van der Waals surface area contributed by atoms with Crippen LogP contribution in [-0.4, -0.2) is 35.4 Å². The number of rotatable bonds is 6. The van der Waals surface area contributed by atoms with Crippen molar-refractivity contribution in [3.63, 3.8) is 0 Å². The SMILES string of the molecule is CS(=O)(=O)CCCNS(=O)(=O)c1cc(F)ccc1N. The highest BCUT2D eigenvalue weighted by molar-refractivity contribution is 7.90. The van der Waals surface area contributed by atoms with Crippen LogP contribution in [0.1, 0.15) is 6.42 Å². The minimum Gasteiger partial charge on any atom is -0.398 e. The maximum absolute atomic E-state index is 13.0. The molecule has 3 N–H and O–H groups in total. The minimum absolute atomic E-state index is 0.0641. The van der Waals surface area contributed by atoms with Gasteiger partial charge in [-0.15, -0.1) is 0 Å². The summed E-state index contributed by atoms with van der Waals surface area (Å²) < 4.78 is 60.6. The van der Waals surface area contributed by atoms with Gasteiger partial charge < -0.3 is 5.73 Å². The van der Waals surface area contributed by atoms with Gasteiger partial charge in [0.1, 0.15) is 20.5 Å². The Hall–Kier alpha value is -1.19. The molecule has 0 aliphatic heterocycles. The quantitative estimate of drug-likeness (QED) is 0.573. The third kappa shape index (κ3) is 5.13. The zero-order chi connectivity index (χ0) is 14.7. The van der Waals surface area contributed by atoms with Crippen molar-refractivity contribution in [2.24, 2.45) is 0 Å². The molecule has 0 atom stereocenters. The summed E-state index contributed by atoms with van der Waals surface area (Å²) in [5, 5.41) is 0. The van der Waals surface area contributed by atoms with E-state index in [2.05, 4.69) is 4.72 Å². The number of sulfone groups is 1. The number of nitrogens with two attached hydrogens (primary N) is 1. The van der Waals surface area contributed by atoms with Crippen molar-refractivity contribution in [1.82, 2.24) is 4.72 Å². The lowest BCUT2D eigenvalue weighted by Gasteiger charge is -2.08. The summed E-state index contributed by atoms with van der Waals surface area (Å²) in [6.07, 6.45) is 1.19. The highest BCUT2D eigenvalue weighted by Gasteiger charge is 2.17. The molecule has 0 saturated carbocycles. The first kappa shape index (κ1) is 15.9. The van der Waals surface area contributed by atoms with E-state index < -0.39 is 25.7 Å². The highest BCUT2D eigenvalue weighted by atomic mass is 32.2. The van der Waals surface area contributed by atoms with Crippen LogP contribution in [0, 0.1) is 5.82 Å². The van der Waals surface area contributed by atoms with Gasteiger partial charge in [0.25, 0.3) is 0 Å². The van der Waals surface area contributed by atoms with Gasteiger partial charge in [-0.1, -0.05) is 0 Å². The second kappa shape index (κ2) is 5.85. The number of benzene rings is 1. The lowest BCUT2D eigenvalue weighted by atomic mass is 10.3. The number of sulfonamides is 1. The van der Waals surface area contributed by atoms with Crippen molar-refractivity contribution in [2.75, 3.05) is 24.3 Å². The lowest BCUT2D eigenvalue weighted by Crippen LogP contribution is -2.27. The van der Waals surface area contributed by atoms with Gasteiger partial charge in [0.05, 0.1) is 11.4 Å². The minimum atomic E-state index is -3.94. The summed E-state index contributed by atoms with van der Waals surface area (Å²) in [6.45, 7) is -0.0641. The molecule has 0 spiro atoms. The molecule has 1 aromatic carbocycles. The Labute approximate surface area is 111 Å². The maximum Gasteiger partial charge on any atom is 0.242 e. The van der Waals surface area contributed by atoms with Crippen LogP contribution in [0.3, 0.4) is 0 Å². The van der Waals surface area contributed by atoms with Gasteiger partial charge >= 0.3 is 0 Å². The molecule has 0 radical (unpaired) electrons. The van der Waals surface area contributed by atoms with Gasteiger partial charge in [0.2, 0.25) is 10.0 Å². The van der Waals surface area contributed by atoms with Crippen molar-refractivity contribution in [3.05, 3.63) is 24.0 Å². The van der Waals surface area contributed by atoms with Crippen molar-refractivity contribution < 1.29 is 21.2 Å². The van der Waals surface area contributed by atoms with Crippen LogP contribution in [0.4, 0.5) is 10.1 Å². The topological polar surface area (TPSA) is 106 Å². The van der Waals surface area contributed by atoms with Crippen LogP contribution in [0.5, 0.6) is 0 Å². The number of nitrogen functional groups attached to an aromatic ring is 1. The second-order valence-corrected chi connectivity index (χ2v) is 8.06. The van der Waals surface area contributed by atoms with Crippen LogP contribution >= 0.6 is 0 Å². The van der Waals surface area contributed by atoms with Gasteiger partial charge in [-0.25, -0.2) is 25.9 Å². The van der Waals surface area contributed by atoms with Gasteiger partial charge in [-0.2, -0.15) is 0 Å². The molecular formula is C10H15FN2O4S2. The molecule has 6 nitrogen and oxygen atoms in total. The molecule has 0 fully saturated rings. The Balaban J connectivity index is 2.74. The fourth-order valence-corrected chi connectivity index (χ4v) is 3.24. The number of hydrogen-bond donors (Lipinski definition) is 2. The first-order chi connectivity index (χ1) is 8.62. The van der Waals surface area contributed by atoms with Crippen LogP contribution in [0.15, 0.2) is 23.1 Å². The van der Waals surface area contributed by atoms with Crippen molar-refractivity contribution >= 4 is 25.5 Å². The van der Waals surface area contributed by atoms with Gasteiger partial charge in [-0.3, -0.25) is 0 Å². The van der Waals surface area contributed by atoms with Crippen molar-refractivity contribution in [3.8, 4) is 0 Å². The summed E-state index contributed by atoms with van der Waals surface area (Å²) in [5.74, 6) is -0.848. The molecule has 19 heavy (non-hydrogen) atoms. The monoisotopic (exact) mass is 310 g/mol. The van der Waals surface area contributed by atoms with Crippen LogP contribution < -0.4 is 10.5 Å². The van der Waals surface area contributed by atoms with E-state index in [1.807, 2.05) is 0 Å². The first-order valence-corrected chi connectivity index (χ1v) is 8.88. The van der Waals surface area contributed by atoms with E-state index in [9.17, 15) is 21.2 Å². The smallest absolute Gasteiger partial charge is 0.242 e. The average molecular weight is 310 g/mol. The number of anilines is 1. The van der Waals surface area contributed by atoms with E-state index >= 15 is 0 Å². The predicted octanol–water partition coefficient (Wildman–Crippen LogP) is 0.121. The molecule has 0 saturated heterocycles. The van der Waals surface area contributed by atoms with Crippen LogP contribution in [0.25, 0.3) is 0 Å². The third-order valence-corrected chi connectivity index (χ3v) is 4.80. The Morgan fingerprint density at radius 2 is 1.89 bits per heavy atom. The standard InChI is InChI=1S/C10H15FN2O4S2/c1-18(14,15)6-2-5-13-19(16,17)10-7-8(11)3-4-9(10)12/h3-4,7,13H,2,5-6,12H2,1H3.